The number of carboxylic acid groups (broad SMARTS) is 2. The molecule has 5 aliphatic rings. The number of ketones is 1. The van der Waals surface area contributed by atoms with E-state index >= 15 is 0 Å². The SMILES string of the molecule is Nc1nc(/C(=N/O[C@@H](CC(=O)O)C(=O)O)C(=O)C[C@@H]2C(=O)N3C(c4nn[nH]n4)=C(C[N+]45CCC(CNC(=O)c6ccc(O)c(O)c6Cl)(CC4)CC5)CS[C@H]23)c(Cl)s1. The van der Waals surface area contributed by atoms with Gasteiger partial charge in [0.1, 0.15) is 16.6 Å². The van der Waals surface area contributed by atoms with Crippen LogP contribution in [-0.4, -0.2) is 141 Å². The Balaban J connectivity index is 1.05. The minimum absolute atomic E-state index is 0.0175. The number of hydrogen-bond donors (Lipinski definition) is 7. The molecule has 1 aromatic carbocycles. The minimum atomic E-state index is -1.92. The molecule has 4 saturated heterocycles. The first kappa shape index (κ1) is 40.2. The molecule has 2 bridgehead atoms. The highest BCUT2D eigenvalue weighted by atomic mass is 35.5. The molecule has 0 spiro atoms. The number of carbonyl (C=O) groups excluding carboxylic acids is 3. The number of aliphatic carboxylic acids is 2. The summed E-state index contributed by atoms with van der Waals surface area (Å²) in [5.41, 5.74) is 6.49. The zero-order chi connectivity index (χ0) is 40.8. The van der Waals surface area contributed by atoms with E-state index in [1.165, 1.54) is 23.9 Å². The summed E-state index contributed by atoms with van der Waals surface area (Å²) in [5, 5.41) is 58.7. The third-order valence-corrected chi connectivity index (χ3v) is 13.8. The molecular formula is C33H35Cl2N10O10S2+. The number of nitrogen functional groups attached to an aromatic ring is 1. The van der Waals surface area contributed by atoms with Crippen LogP contribution in [0.1, 0.15) is 54.0 Å². The van der Waals surface area contributed by atoms with Crippen molar-refractivity contribution in [1.82, 2.24) is 35.8 Å². The van der Waals surface area contributed by atoms with Gasteiger partial charge in [-0.25, -0.2) is 9.78 Å². The number of nitrogens with one attached hydrogen (secondary N) is 2. The van der Waals surface area contributed by atoms with Crippen LogP contribution in [0.4, 0.5) is 5.13 Å². The Bertz CT molecular complexity index is 2190. The number of carboxylic acids is 2. The van der Waals surface area contributed by atoms with E-state index in [1.807, 2.05) is 0 Å². The summed E-state index contributed by atoms with van der Waals surface area (Å²) in [6.07, 6.45) is -0.748. The van der Waals surface area contributed by atoms with Crippen molar-refractivity contribution in [1.29, 1.82) is 0 Å². The molecule has 7 heterocycles. The molecule has 0 unspecified atom stereocenters. The second kappa shape index (κ2) is 15.7. The van der Waals surface area contributed by atoms with Crippen LogP contribution >= 0.6 is 46.3 Å². The number of aromatic hydroxyl groups is 2. The van der Waals surface area contributed by atoms with Gasteiger partial charge in [0.15, 0.2) is 28.1 Å². The van der Waals surface area contributed by atoms with E-state index in [2.05, 4.69) is 36.1 Å². The number of amides is 2. The van der Waals surface area contributed by atoms with Crippen molar-refractivity contribution >= 4 is 92.4 Å². The predicted molar refractivity (Wildman–Crippen MR) is 203 cm³/mol. The number of Topliss-reactive ketones (excluding diaryl/α,β-unsaturated/α-hetero) is 1. The molecule has 2 aromatic heterocycles. The van der Waals surface area contributed by atoms with Gasteiger partial charge in [0.25, 0.3) is 5.91 Å². The Kier molecular flexibility index (Phi) is 11.1. The average Bonchev–Trinajstić information content (AvgIpc) is 3.84. The Morgan fingerprint density at radius 1 is 1.16 bits per heavy atom. The molecule has 5 aliphatic heterocycles. The molecule has 2 amide bonds. The van der Waals surface area contributed by atoms with Crippen LogP contribution in [0.2, 0.25) is 9.36 Å². The maximum absolute atomic E-state index is 14.0. The third kappa shape index (κ3) is 7.83. The predicted octanol–water partition coefficient (Wildman–Crippen LogP) is 1.94. The summed E-state index contributed by atoms with van der Waals surface area (Å²) in [7, 11) is 0. The number of rotatable bonds is 15. The highest BCUT2D eigenvalue weighted by molar-refractivity contribution is 8.00. The summed E-state index contributed by atoms with van der Waals surface area (Å²) >= 11 is 14.7. The van der Waals surface area contributed by atoms with Crippen LogP contribution in [0.25, 0.3) is 5.70 Å². The van der Waals surface area contributed by atoms with Gasteiger partial charge in [-0.05, 0) is 17.3 Å². The standard InChI is InChI=1S/C33H34Cl2N10O10S2/c34-21-15(1-2-17(46)25(21)50)28(51)37-13-33-3-6-45(7-4-33,8-5-33)11-14-12-56-30-16(29(52)44(30)24(14)27-39-42-43-40-27)9-18(47)22(23-26(35)57-32(36)38-23)41-55-19(31(53)54)10-20(48)49/h1-2,16,19,30H,3-13H2,(H7-,36,37,38,39,40,41,42,43,46,47,48,49,50,51,53,54)/p+1/t16-,19+,30-,33?,45?/m1/s1. The van der Waals surface area contributed by atoms with E-state index in [0.29, 0.717) is 24.5 Å². The maximum Gasteiger partial charge on any atom is 0.348 e. The number of carbonyl (C=O) groups is 5. The van der Waals surface area contributed by atoms with Crippen LogP contribution in [-0.2, 0) is 24.0 Å². The Hall–Kier alpha value is -5.03. The molecule has 3 atom stereocenters. The van der Waals surface area contributed by atoms with E-state index in [0.717, 1.165) is 60.3 Å². The van der Waals surface area contributed by atoms with Gasteiger partial charge >= 0.3 is 11.9 Å². The number of nitrogens with zero attached hydrogens (tertiary/aromatic N) is 7. The van der Waals surface area contributed by atoms with Crippen molar-refractivity contribution in [2.24, 2.45) is 16.5 Å². The van der Waals surface area contributed by atoms with Crippen molar-refractivity contribution in [3.63, 3.8) is 0 Å². The van der Waals surface area contributed by atoms with E-state index < -0.39 is 64.7 Å². The fourth-order valence-corrected chi connectivity index (χ4v) is 10.4. The topological polar surface area (TPSA) is 297 Å². The fourth-order valence-electron chi connectivity index (χ4n) is 7.78. The number of aromatic amines is 1. The quantitative estimate of drug-likeness (QED) is 0.0378. The van der Waals surface area contributed by atoms with Gasteiger partial charge in [-0.3, -0.25) is 24.1 Å². The molecule has 8 N–H and O–H groups in total. The van der Waals surface area contributed by atoms with Gasteiger partial charge < -0.3 is 40.8 Å². The Labute approximate surface area is 340 Å². The summed E-state index contributed by atoms with van der Waals surface area (Å²) in [6, 6.07) is 2.57. The van der Waals surface area contributed by atoms with E-state index in [4.69, 9.17) is 38.9 Å². The smallest absolute Gasteiger partial charge is 0.348 e. The number of tetrazole rings is 1. The number of quaternary nitrogens is 1. The van der Waals surface area contributed by atoms with Gasteiger partial charge in [-0.1, -0.05) is 39.7 Å². The number of H-pyrrole nitrogens is 1. The normalized spacial score (nSPS) is 24.8. The molecule has 3 aromatic rings. The monoisotopic (exact) mass is 865 g/mol. The molecule has 57 heavy (non-hydrogen) atoms. The van der Waals surface area contributed by atoms with Gasteiger partial charge in [0, 0.05) is 49.0 Å². The number of piperidine rings is 3. The molecule has 0 saturated carbocycles. The number of halogens is 2. The highest BCUT2D eigenvalue weighted by Gasteiger charge is 2.56. The molecule has 24 heteroatoms. The molecule has 302 valence electrons. The van der Waals surface area contributed by atoms with E-state index in [-0.39, 0.29) is 49.3 Å². The lowest BCUT2D eigenvalue weighted by Gasteiger charge is -2.56. The number of anilines is 1. The summed E-state index contributed by atoms with van der Waals surface area (Å²) in [6.45, 7) is 3.50. The molecule has 8 rings (SSSR count). The van der Waals surface area contributed by atoms with Crippen molar-refractivity contribution in [2.75, 3.05) is 44.2 Å². The van der Waals surface area contributed by atoms with Gasteiger partial charge in [-0.2, -0.15) is 5.21 Å². The molecular weight excluding hydrogens is 831 g/mol. The second-order valence-corrected chi connectivity index (χ2v) is 17.5. The number of fused-ring (bicyclic) bond motifs is 4. The number of nitrogens with two attached hydrogens (primary N) is 1. The lowest BCUT2D eigenvalue weighted by Crippen LogP contribution is -2.65. The van der Waals surface area contributed by atoms with E-state index in [9.17, 15) is 39.3 Å². The van der Waals surface area contributed by atoms with Crippen LogP contribution in [0.5, 0.6) is 11.5 Å². The van der Waals surface area contributed by atoms with Crippen LogP contribution in [0.15, 0.2) is 22.9 Å². The third-order valence-electron chi connectivity index (χ3n) is 11.0. The molecule has 20 nitrogen and oxygen atoms in total. The number of thioether (sulfide) groups is 1. The first-order valence-corrected chi connectivity index (χ1v) is 20.1. The lowest BCUT2D eigenvalue weighted by atomic mass is 9.70. The lowest BCUT2D eigenvalue weighted by molar-refractivity contribution is -0.941. The first-order chi connectivity index (χ1) is 27.1. The fraction of sp³-hybridized carbons (Fsp3) is 0.455. The van der Waals surface area contributed by atoms with Crippen molar-refractivity contribution < 1.29 is 53.7 Å². The number of phenols is 2. The second-order valence-electron chi connectivity index (χ2n) is 14.4. The van der Waals surface area contributed by atoms with Crippen molar-refractivity contribution in [2.45, 2.75) is 43.6 Å². The number of oxime groups is 1. The summed E-state index contributed by atoms with van der Waals surface area (Å²) in [5.74, 6) is -5.75. The summed E-state index contributed by atoms with van der Waals surface area (Å²) in [4.78, 5) is 74.1. The minimum Gasteiger partial charge on any atom is -0.504 e. The number of thiazole rings is 1. The van der Waals surface area contributed by atoms with Crippen molar-refractivity contribution in [3.8, 4) is 11.5 Å². The number of phenolic OH excluding ortho intramolecular Hbond substituents is 2. The Morgan fingerprint density at radius 2 is 1.88 bits per heavy atom. The van der Waals surface area contributed by atoms with Crippen LogP contribution < -0.4 is 11.1 Å². The number of hydrogen-bond acceptors (Lipinski definition) is 16. The first-order valence-electron chi connectivity index (χ1n) is 17.5. The molecule has 0 aliphatic carbocycles. The number of aromatic nitrogens is 5. The van der Waals surface area contributed by atoms with Gasteiger partial charge in [0.2, 0.25) is 17.8 Å². The zero-order valence-corrected chi connectivity index (χ0v) is 32.8. The largest absolute Gasteiger partial charge is 0.504 e. The number of β-lactam (4-membered cyclic amide) rings is 1. The molecule has 4 fully saturated rings. The van der Waals surface area contributed by atoms with Gasteiger partial charge in [0.05, 0.1) is 53.6 Å². The maximum atomic E-state index is 14.0. The van der Waals surface area contributed by atoms with Crippen LogP contribution in [0.3, 0.4) is 0 Å². The summed E-state index contributed by atoms with van der Waals surface area (Å²) < 4.78 is 0.717. The highest BCUT2D eigenvalue weighted by Crippen LogP contribution is 2.50. The van der Waals surface area contributed by atoms with Crippen molar-refractivity contribution in [3.05, 3.63) is 44.1 Å². The van der Waals surface area contributed by atoms with Crippen LogP contribution in [0, 0.1) is 11.3 Å². The molecule has 0 radical (unpaired) electrons. The number of benzene rings is 1. The zero-order valence-electron chi connectivity index (χ0n) is 29.7. The average molecular weight is 867 g/mol. The van der Waals surface area contributed by atoms with E-state index in [1.54, 1.807) is 4.90 Å². The van der Waals surface area contributed by atoms with Gasteiger partial charge in [-0.15, -0.1) is 22.0 Å². The Morgan fingerprint density at radius 3 is 2.49 bits per heavy atom.